The van der Waals surface area contributed by atoms with Crippen LogP contribution in [0.5, 0.6) is 0 Å². The summed E-state index contributed by atoms with van der Waals surface area (Å²) in [6, 6.07) is 19.1. The van der Waals surface area contributed by atoms with E-state index in [0.717, 1.165) is 63.5 Å². The molecule has 3 aromatic carbocycles. The Balaban J connectivity index is 1.25. The summed E-state index contributed by atoms with van der Waals surface area (Å²) < 4.78 is 17.2. The Kier molecular flexibility index (Phi) is 7.16. The van der Waals surface area contributed by atoms with Crippen LogP contribution in [0, 0.1) is 0 Å². The van der Waals surface area contributed by atoms with Crippen molar-refractivity contribution in [2.24, 2.45) is 0 Å². The van der Waals surface area contributed by atoms with Crippen LogP contribution in [0.1, 0.15) is 53.3 Å². The van der Waals surface area contributed by atoms with Gasteiger partial charge >= 0.3 is 13.2 Å². The number of fused-ring (bicyclic) bond motifs is 2. The lowest BCUT2D eigenvalue weighted by atomic mass is 9.78. The Morgan fingerprint density at radius 3 is 2.54 bits per heavy atom. The summed E-state index contributed by atoms with van der Waals surface area (Å²) >= 11 is 0. The van der Waals surface area contributed by atoms with Crippen molar-refractivity contribution in [3.05, 3.63) is 72.8 Å². The molecule has 8 heteroatoms. The van der Waals surface area contributed by atoms with Crippen LogP contribution >= 0.6 is 0 Å². The van der Waals surface area contributed by atoms with Crippen LogP contribution in [0.15, 0.2) is 66.9 Å². The maximum absolute atomic E-state index is 11.8. The van der Waals surface area contributed by atoms with E-state index < -0.39 is 18.3 Å². The quantitative estimate of drug-likeness (QED) is 0.220. The summed E-state index contributed by atoms with van der Waals surface area (Å²) in [7, 11) is -0.451. The second kappa shape index (κ2) is 10.4. The van der Waals surface area contributed by atoms with Crippen LogP contribution < -0.4 is 10.8 Å². The highest BCUT2D eigenvalue weighted by molar-refractivity contribution is 6.62. The van der Waals surface area contributed by atoms with Crippen LogP contribution in [-0.2, 0) is 20.5 Å². The van der Waals surface area contributed by atoms with E-state index in [9.17, 15) is 4.79 Å². The molecule has 39 heavy (non-hydrogen) atoms. The zero-order chi connectivity index (χ0) is 27.8. The van der Waals surface area contributed by atoms with E-state index >= 15 is 0 Å². The second-order valence-electron chi connectivity index (χ2n) is 11.6. The van der Waals surface area contributed by atoms with Crippen molar-refractivity contribution in [2.75, 3.05) is 6.54 Å². The molecule has 1 aromatic heterocycles. The lowest BCUT2D eigenvalue weighted by Crippen LogP contribution is -2.34. The Morgan fingerprint density at radius 2 is 1.79 bits per heavy atom. The van der Waals surface area contributed by atoms with E-state index in [1.807, 2.05) is 40.7 Å². The van der Waals surface area contributed by atoms with Gasteiger partial charge in [-0.05, 0) is 93.0 Å². The van der Waals surface area contributed by atoms with Gasteiger partial charge < -0.3 is 24.3 Å². The molecule has 202 valence electrons. The predicted octanol–water partition coefficient (Wildman–Crippen LogP) is 6.26. The summed E-state index contributed by atoms with van der Waals surface area (Å²) in [6.45, 7) is 14.1. The van der Waals surface area contributed by atoms with Gasteiger partial charge in [0.25, 0.3) is 0 Å². The van der Waals surface area contributed by atoms with Gasteiger partial charge in [0.15, 0.2) is 0 Å². The predicted molar refractivity (Wildman–Crippen MR) is 157 cm³/mol. The standard InChI is InChI=1S/C31H36BN3O4/c1-20-31(5,6)39-32(38-20)25-14-12-21-10-11-22(17-24(21)18-25)23-13-15-26-27(19-23)35-28(34-26)9-7-8-16-33-29(36)37-30(2,3)4/h10-15,17-19H,1,7-9,16H2,2-6H3,(H,33,36)(H,34,35). The number of hydrogen-bond donors (Lipinski definition) is 2. The molecule has 2 N–H and O–H groups in total. The molecule has 1 amide bonds. The van der Waals surface area contributed by atoms with Gasteiger partial charge in [-0.1, -0.05) is 43.0 Å². The number of ether oxygens (including phenoxy) is 1. The van der Waals surface area contributed by atoms with Crippen molar-refractivity contribution in [2.45, 2.75) is 65.1 Å². The number of hydrogen-bond acceptors (Lipinski definition) is 5. The fourth-order valence-electron chi connectivity index (χ4n) is 4.64. The summed E-state index contributed by atoms with van der Waals surface area (Å²) in [5.41, 5.74) is 4.19. The van der Waals surface area contributed by atoms with Crippen LogP contribution in [0.25, 0.3) is 32.9 Å². The van der Waals surface area contributed by atoms with Gasteiger partial charge in [0, 0.05) is 13.0 Å². The van der Waals surface area contributed by atoms with Crippen LogP contribution in [-0.4, -0.2) is 40.9 Å². The number of carbonyl (C=O) groups excluding carboxylic acids is 1. The molecule has 4 aromatic rings. The zero-order valence-electron chi connectivity index (χ0n) is 23.4. The topological polar surface area (TPSA) is 85.5 Å². The number of aromatic amines is 1. The van der Waals surface area contributed by atoms with Gasteiger partial charge in [-0.25, -0.2) is 9.78 Å². The number of H-pyrrole nitrogens is 1. The minimum atomic E-state index is -0.503. The summed E-state index contributed by atoms with van der Waals surface area (Å²) in [5, 5.41) is 5.09. The normalized spacial score (nSPS) is 15.1. The van der Waals surface area contributed by atoms with E-state index in [2.05, 4.69) is 65.4 Å². The van der Waals surface area contributed by atoms with Crippen molar-refractivity contribution < 1.29 is 18.8 Å². The molecule has 0 atom stereocenters. The minimum absolute atomic E-state index is 0.376. The maximum Gasteiger partial charge on any atom is 0.563 e. The average Bonchev–Trinajstić information content (AvgIpc) is 3.40. The first-order chi connectivity index (χ1) is 18.5. The van der Waals surface area contributed by atoms with E-state index in [1.54, 1.807) is 0 Å². The van der Waals surface area contributed by atoms with Crippen molar-refractivity contribution in [1.82, 2.24) is 15.3 Å². The molecule has 0 bridgehead atoms. The van der Waals surface area contributed by atoms with E-state index in [-0.39, 0.29) is 6.09 Å². The number of aryl methyl sites for hydroxylation is 1. The van der Waals surface area contributed by atoms with Gasteiger partial charge in [0.1, 0.15) is 17.0 Å². The van der Waals surface area contributed by atoms with Gasteiger partial charge in [-0.2, -0.15) is 0 Å². The smallest absolute Gasteiger partial charge is 0.534 e. The Hall–Kier alpha value is -3.78. The second-order valence-corrected chi connectivity index (χ2v) is 11.6. The molecule has 0 aliphatic carbocycles. The number of carbonyl (C=O) groups is 1. The third-order valence-electron chi connectivity index (χ3n) is 6.83. The number of benzene rings is 3. The molecule has 5 rings (SSSR count). The number of nitrogens with one attached hydrogen (secondary N) is 2. The molecule has 0 unspecified atom stereocenters. The highest BCUT2D eigenvalue weighted by Crippen LogP contribution is 2.30. The lowest BCUT2D eigenvalue weighted by Gasteiger charge is -2.19. The molecular formula is C31H36BN3O4. The SMILES string of the molecule is C=C1OB(c2ccc3ccc(-c4ccc5nc(CCCCNC(=O)OC(C)(C)C)[nH]c5c4)cc3c2)OC1(C)C. The number of imidazole rings is 1. The summed E-state index contributed by atoms with van der Waals surface area (Å²) in [6.07, 6.45) is 2.20. The number of rotatable bonds is 7. The van der Waals surface area contributed by atoms with Crippen LogP contribution in [0.3, 0.4) is 0 Å². The van der Waals surface area contributed by atoms with Gasteiger partial charge in [-0.3, -0.25) is 0 Å². The first-order valence-electron chi connectivity index (χ1n) is 13.5. The fraction of sp³-hybridized carbons (Fsp3) is 0.355. The molecule has 0 radical (unpaired) electrons. The number of amides is 1. The fourth-order valence-corrected chi connectivity index (χ4v) is 4.64. The molecule has 1 saturated heterocycles. The van der Waals surface area contributed by atoms with Crippen LogP contribution in [0.2, 0.25) is 0 Å². The Labute approximate surface area is 230 Å². The monoisotopic (exact) mass is 525 g/mol. The molecule has 7 nitrogen and oxygen atoms in total. The van der Waals surface area contributed by atoms with Crippen molar-refractivity contribution >= 4 is 40.5 Å². The average molecular weight is 525 g/mol. The number of aromatic nitrogens is 2. The lowest BCUT2D eigenvalue weighted by molar-refractivity contribution is 0.0527. The first kappa shape index (κ1) is 26.8. The Morgan fingerprint density at radius 1 is 1.05 bits per heavy atom. The van der Waals surface area contributed by atoms with E-state index in [1.165, 1.54) is 0 Å². The molecule has 1 aliphatic heterocycles. The number of unbranched alkanes of at least 4 members (excludes halogenated alkanes) is 1. The molecule has 1 aliphatic rings. The number of nitrogens with zero attached hydrogens (tertiary/aromatic N) is 1. The highest BCUT2D eigenvalue weighted by Gasteiger charge is 2.42. The molecular weight excluding hydrogens is 489 g/mol. The molecule has 0 spiro atoms. The third kappa shape index (κ3) is 6.28. The van der Waals surface area contributed by atoms with Crippen LogP contribution in [0.4, 0.5) is 4.79 Å². The zero-order valence-corrected chi connectivity index (χ0v) is 23.4. The Bertz CT molecular complexity index is 1540. The minimum Gasteiger partial charge on any atom is -0.534 e. The highest BCUT2D eigenvalue weighted by atomic mass is 16.7. The summed E-state index contributed by atoms with van der Waals surface area (Å²) in [5.74, 6) is 1.59. The van der Waals surface area contributed by atoms with Gasteiger partial charge in [0.05, 0.1) is 16.8 Å². The first-order valence-corrected chi connectivity index (χ1v) is 13.5. The number of alkyl carbamates (subject to hydrolysis) is 1. The van der Waals surface area contributed by atoms with Gasteiger partial charge in [0.2, 0.25) is 0 Å². The van der Waals surface area contributed by atoms with Crippen molar-refractivity contribution in [1.29, 1.82) is 0 Å². The van der Waals surface area contributed by atoms with Crippen molar-refractivity contribution in [3.63, 3.8) is 0 Å². The molecule has 2 heterocycles. The summed E-state index contributed by atoms with van der Waals surface area (Å²) in [4.78, 5) is 20.0. The van der Waals surface area contributed by atoms with Crippen molar-refractivity contribution in [3.8, 4) is 11.1 Å². The third-order valence-corrected chi connectivity index (χ3v) is 6.83. The van der Waals surface area contributed by atoms with E-state index in [4.69, 9.17) is 19.0 Å². The van der Waals surface area contributed by atoms with E-state index in [0.29, 0.717) is 12.3 Å². The molecule has 0 saturated carbocycles. The maximum atomic E-state index is 11.8. The van der Waals surface area contributed by atoms with Gasteiger partial charge in [-0.15, -0.1) is 0 Å². The largest absolute Gasteiger partial charge is 0.563 e. The molecule has 1 fully saturated rings.